The van der Waals surface area contributed by atoms with Crippen LogP contribution in [-0.4, -0.2) is 93.7 Å². The van der Waals surface area contributed by atoms with Crippen molar-refractivity contribution < 1.29 is 19.8 Å². The van der Waals surface area contributed by atoms with E-state index in [-0.39, 0.29) is 48.4 Å². The summed E-state index contributed by atoms with van der Waals surface area (Å²) in [6.45, 7) is 6.75. The van der Waals surface area contributed by atoms with E-state index in [2.05, 4.69) is 4.90 Å². The van der Waals surface area contributed by atoms with Gasteiger partial charge in [0.25, 0.3) is 0 Å². The summed E-state index contributed by atoms with van der Waals surface area (Å²) < 4.78 is 0. The topological polar surface area (TPSA) is 84.3 Å². The Labute approximate surface area is 136 Å². The SMILES string of the molecule is CC(C)C(=O)N1CC2CC(O)CN2C2(CN(C(=O)CCO)C2)C1. The lowest BCUT2D eigenvalue weighted by Crippen LogP contribution is -2.79. The van der Waals surface area contributed by atoms with Crippen molar-refractivity contribution in [2.24, 2.45) is 5.92 Å². The Kier molecular flexibility index (Phi) is 4.37. The van der Waals surface area contributed by atoms with Gasteiger partial charge >= 0.3 is 0 Å². The summed E-state index contributed by atoms with van der Waals surface area (Å²) in [6.07, 6.45) is 0.485. The van der Waals surface area contributed by atoms with Crippen molar-refractivity contribution in [2.75, 3.05) is 39.3 Å². The minimum Gasteiger partial charge on any atom is -0.396 e. The number of aliphatic hydroxyl groups excluding tert-OH is 2. The van der Waals surface area contributed by atoms with Crippen LogP contribution >= 0.6 is 0 Å². The third-order valence-electron chi connectivity index (χ3n) is 5.37. The van der Waals surface area contributed by atoms with Gasteiger partial charge in [-0.2, -0.15) is 0 Å². The van der Waals surface area contributed by atoms with E-state index in [9.17, 15) is 14.7 Å². The second-order valence-electron chi connectivity index (χ2n) is 7.52. The molecule has 0 aliphatic carbocycles. The number of likely N-dealkylation sites (tertiary alicyclic amines) is 1. The highest BCUT2D eigenvalue weighted by Gasteiger charge is 2.57. The van der Waals surface area contributed by atoms with Gasteiger partial charge in [-0.3, -0.25) is 14.5 Å². The molecule has 23 heavy (non-hydrogen) atoms. The zero-order chi connectivity index (χ0) is 16.8. The van der Waals surface area contributed by atoms with Crippen LogP contribution < -0.4 is 0 Å². The Bertz CT molecular complexity index is 490. The van der Waals surface area contributed by atoms with Gasteiger partial charge in [0.1, 0.15) is 0 Å². The Morgan fingerprint density at radius 3 is 2.43 bits per heavy atom. The summed E-state index contributed by atoms with van der Waals surface area (Å²) in [7, 11) is 0. The largest absolute Gasteiger partial charge is 0.396 e. The highest BCUT2D eigenvalue weighted by atomic mass is 16.3. The maximum Gasteiger partial charge on any atom is 0.225 e. The van der Waals surface area contributed by atoms with Gasteiger partial charge in [0, 0.05) is 51.1 Å². The van der Waals surface area contributed by atoms with Gasteiger partial charge in [-0.15, -0.1) is 0 Å². The van der Waals surface area contributed by atoms with Gasteiger partial charge in [0.2, 0.25) is 11.8 Å². The molecule has 130 valence electrons. The third kappa shape index (κ3) is 2.86. The van der Waals surface area contributed by atoms with Crippen LogP contribution in [0, 0.1) is 5.92 Å². The second kappa shape index (κ2) is 6.03. The monoisotopic (exact) mass is 325 g/mol. The van der Waals surface area contributed by atoms with Gasteiger partial charge in [0.15, 0.2) is 0 Å². The van der Waals surface area contributed by atoms with Crippen LogP contribution in [0.1, 0.15) is 26.7 Å². The van der Waals surface area contributed by atoms with E-state index in [1.165, 1.54) is 0 Å². The number of hydrogen-bond acceptors (Lipinski definition) is 5. The minimum atomic E-state index is -0.354. The van der Waals surface area contributed by atoms with E-state index in [1.807, 2.05) is 18.7 Å². The molecule has 0 aromatic rings. The lowest BCUT2D eigenvalue weighted by atomic mass is 9.83. The zero-order valence-corrected chi connectivity index (χ0v) is 13.9. The molecule has 3 aliphatic rings. The smallest absolute Gasteiger partial charge is 0.225 e. The average molecular weight is 325 g/mol. The van der Waals surface area contributed by atoms with E-state index in [4.69, 9.17) is 5.11 Å². The Balaban J connectivity index is 1.75. The van der Waals surface area contributed by atoms with Crippen molar-refractivity contribution in [3.8, 4) is 0 Å². The number of piperazine rings is 1. The van der Waals surface area contributed by atoms with Crippen LogP contribution in [0.25, 0.3) is 0 Å². The quantitative estimate of drug-likeness (QED) is 0.687. The number of fused-ring (bicyclic) bond motifs is 2. The first-order valence-electron chi connectivity index (χ1n) is 8.48. The number of aliphatic hydroxyl groups is 2. The molecule has 2 unspecified atom stereocenters. The summed E-state index contributed by atoms with van der Waals surface area (Å²) in [4.78, 5) is 30.4. The number of carbonyl (C=O) groups is 2. The fourth-order valence-corrected chi connectivity index (χ4v) is 4.32. The second-order valence-corrected chi connectivity index (χ2v) is 7.52. The molecule has 1 spiro atoms. The number of rotatable bonds is 3. The Morgan fingerprint density at radius 2 is 1.83 bits per heavy atom. The van der Waals surface area contributed by atoms with Crippen LogP contribution in [-0.2, 0) is 9.59 Å². The van der Waals surface area contributed by atoms with Crippen molar-refractivity contribution in [1.82, 2.24) is 14.7 Å². The number of hydrogen-bond donors (Lipinski definition) is 2. The van der Waals surface area contributed by atoms with E-state index in [0.29, 0.717) is 39.1 Å². The Morgan fingerprint density at radius 1 is 1.17 bits per heavy atom. The van der Waals surface area contributed by atoms with Crippen molar-refractivity contribution in [2.45, 2.75) is 44.4 Å². The number of amides is 2. The predicted molar refractivity (Wildman–Crippen MR) is 83.5 cm³/mol. The third-order valence-corrected chi connectivity index (χ3v) is 5.37. The van der Waals surface area contributed by atoms with Crippen LogP contribution in [0.15, 0.2) is 0 Å². The maximum absolute atomic E-state index is 12.4. The van der Waals surface area contributed by atoms with Gasteiger partial charge < -0.3 is 20.0 Å². The van der Waals surface area contributed by atoms with E-state index in [1.54, 1.807) is 4.90 Å². The molecule has 0 aromatic carbocycles. The molecule has 3 heterocycles. The molecule has 3 rings (SSSR count). The number of carbonyl (C=O) groups excluding carboxylic acids is 2. The van der Waals surface area contributed by atoms with Crippen molar-refractivity contribution in [1.29, 1.82) is 0 Å². The molecule has 2 amide bonds. The van der Waals surface area contributed by atoms with Crippen molar-refractivity contribution in [3.05, 3.63) is 0 Å². The summed E-state index contributed by atoms with van der Waals surface area (Å²) in [5.74, 6) is 0.0596. The fraction of sp³-hybridized carbons (Fsp3) is 0.875. The molecular weight excluding hydrogens is 298 g/mol. The van der Waals surface area contributed by atoms with E-state index < -0.39 is 0 Å². The lowest BCUT2D eigenvalue weighted by molar-refractivity contribution is -0.163. The molecule has 2 atom stereocenters. The standard InChI is InChI=1S/C16H27N3O4/c1-11(2)15(23)17-6-12-5-13(21)7-19(12)16(8-17)9-18(10-16)14(22)3-4-20/h11-13,20-21H,3-10H2,1-2H3. The molecule has 0 saturated carbocycles. The van der Waals surface area contributed by atoms with Crippen molar-refractivity contribution in [3.63, 3.8) is 0 Å². The molecule has 3 aliphatic heterocycles. The first-order chi connectivity index (χ1) is 10.9. The highest BCUT2D eigenvalue weighted by molar-refractivity contribution is 5.79. The minimum absolute atomic E-state index is 0.0401. The molecule has 3 saturated heterocycles. The number of β-amino-alcohol motifs (C(OH)–C–C–N with tert-alkyl or cyclic N) is 1. The molecule has 0 aromatic heterocycles. The van der Waals surface area contributed by atoms with Crippen LogP contribution in [0.2, 0.25) is 0 Å². The molecule has 2 N–H and O–H groups in total. The van der Waals surface area contributed by atoms with Gasteiger partial charge in [-0.25, -0.2) is 0 Å². The molecule has 0 radical (unpaired) electrons. The van der Waals surface area contributed by atoms with Crippen LogP contribution in [0.5, 0.6) is 0 Å². The summed E-state index contributed by atoms with van der Waals surface area (Å²) >= 11 is 0. The molecule has 0 bridgehead atoms. The molecule has 7 heteroatoms. The van der Waals surface area contributed by atoms with Crippen LogP contribution in [0.4, 0.5) is 0 Å². The first-order valence-corrected chi connectivity index (χ1v) is 8.48. The molecule has 7 nitrogen and oxygen atoms in total. The Hall–Kier alpha value is -1.18. The van der Waals surface area contributed by atoms with Gasteiger partial charge in [0.05, 0.1) is 18.2 Å². The highest BCUT2D eigenvalue weighted by Crippen LogP contribution is 2.39. The predicted octanol–water partition coefficient (Wildman–Crippen LogP) is -1.12. The summed E-state index contributed by atoms with van der Waals surface area (Å²) in [5, 5.41) is 19.0. The summed E-state index contributed by atoms with van der Waals surface area (Å²) in [5.41, 5.74) is -0.226. The molecular formula is C16H27N3O4. The lowest BCUT2D eigenvalue weighted by Gasteiger charge is -2.61. The number of nitrogens with zero attached hydrogens (tertiary/aromatic N) is 3. The normalized spacial score (nSPS) is 29.8. The first kappa shape index (κ1) is 16.7. The fourth-order valence-electron chi connectivity index (χ4n) is 4.32. The summed E-state index contributed by atoms with van der Waals surface area (Å²) in [6, 6.07) is 0.177. The van der Waals surface area contributed by atoms with Gasteiger partial charge in [-0.05, 0) is 6.42 Å². The van der Waals surface area contributed by atoms with Gasteiger partial charge in [-0.1, -0.05) is 13.8 Å². The maximum atomic E-state index is 12.4. The molecule has 3 fully saturated rings. The van der Waals surface area contributed by atoms with Crippen molar-refractivity contribution >= 4 is 11.8 Å². The zero-order valence-electron chi connectivity index (χ0n) is 13.9. The van der Waals surface area contributed by atoms with Crippen LogP contribution in [0.3, 0.4) is 0 Å². The van der Waals surface area contributed by atoms with E-state index >= 15 is 0 Å². The van der Waals surface area contributed by atoms with E-state index in [0.717, 1.165) is 0 Å². The average Bonchev–Trinajstić information content (AvgIpc) is 2.83.